The lowest BCUT2D eigenvalue weighted by atomic mass is 9.82. The Kier molecular flexibility index (Phi) is 1.12. The van der Waals surface area contributed by atoms with E-state index in [0.29, 0.717) is 0 Å². The molecule has 0 spiro atoms. The highest BCUT2D eigenvalue weighted by Crippen LogP contribution is 2.51. The van der Waals surface area contributed by atoms with Gasteiger partial charge in [0.1, 0.15) is 0 Å². The Hall–Kier alpha value is 0. The molecule has 0 aliphatic heterocycles. The Bertz CT molecular complexity index is 99.2. The average molecular weight is 124 g/mol. The quantitative estimate of drug-likeness (QED) is 0.465. The van der Waals surface area contributed by atoms with Crippen LogP contribution in [0.15, 0.2) is 0 Å². The Morgan fingerprint density at radius 3 is 1.56 bits per heavy atom. The summed E-state index contributed by atoms with van der Waals surface area (Å²) in [5.74, 6) is 4.32. The monoisotopic (exact) mass is 124 g/mol. The number of rotatable bonds is 0. The largest absolute Gasteiger partial charge is 0.0620 e. The highest BCUT2D eigenvalue weighted by atomic mass is 14.5. The predicted octanol–water partition coefficient (Wildman–Crippen LogP) is 2.69. The lowest BCUT2D eigenvalue weighted by molar-refractivity contribution is 0.259. The van der Waals surface area contributed by atoms with Gasteiger partial charge in [-0.15, -0.1) is 0 Å². The van der Waals surface area contributed by atoms with Crippen molar-refractivity contribution in [2.75, 3.05) is 0 Å². The lowest BCUT2D eigenvalue weighted by Gasteiger charge is -2.24. The minimum Gasteiger partial charge on any atom is -0.0620 e. The van der Waals surface area contributed by atoms with Crippen molar-refractivity contribution in [3.63, 3.8) is 0 Å². The van der Waals surface area contributed by atoms with Crippen LogP contribution in [0.3, 0.4) is 0 Å². The van der Waals surface area contributed by atoms with Gasteiger partial charge in [0.05, 0.1) is 0 Å². The van der Waals surface area contributed by atoms with E-state index in [1.807, 2.05) is 0 Å². The van der Waals surface area contributed by atoms with Crippen LogP contribution in [-0.2, 0) is 0 Å². The minimum absolute atomic E-state index is 1.05. The van der Waals surface area contributed by atoms with E-state index in [9.17, 15) is 0 Å². The second kappa shape index (κ2) is 1.74. The number of hydrogen-bond acceptors (Lipinski definition) is 0. The van der Waals surface area contributed by atoms with Gasteiger partial charge in [-0.25, -0.2) is 0 Å². The summed E-state index contributed by atoms with van der Waals surface area (Å²) in [6.07, 6.45) is 4.63. The molecule has 2 rings (SSSR count). The van der Waals surface area contributed by atoms with Gasteiger partial charge in [0.15, 0.2) is 0 Å². The van der Waals surface area contributed by atoms with Crippen molar-refractivity contribution >= 4 is 0 Å². The summed E-state index contributed by atoms with van der Waals surface area (Å²) in [6, 6.07) is 0. The lowest BCUT2D eigenvalue weighted by Crippen LogP contribution is -2.15. The summed E-state index contributed by atoms with van der Waals surface area (Å²) >= 11 is 0. The highest BCUT2D eigenvalue weighted by Gasteiger charge is 2.42. The first-order valence-electron chi connectivity index (χ1n) is 4.29. The molecule has 2 aliphatic rings. The Labute approximate surface area is 57.6 Å². The van der Waals surface area contributed by atoms with Gasteiger partial charge in [-0.2, -0.15) is 0 Å². The fourth-order valence-corrected chi connectivity index (χ4v) is 2.87. The summed E-state index contributed by atoms with van der Waals surface area (Å²) in [6.45, 7) is 4.88. The maximum atomic E-state index is 2.44. The number of hydrogen-bond donors (Lipinski definition) is 0. The molecule has 0 aromatic heterocycles. The van der Waals surface area contributed by atoms with Crippen LogP contribution in [0.25, 0.3) is 0 Å². The van der Waals surface area contributed by atoms with Crippen LogP contribution >= 0.6 is 0 Å². The molecule has 0 aromatic rings. The first kappa shape index (κ1) is 5.76. The maximum absolute atomic E-state index is 2.44. The summed E-state index contributed by atoms with van der Waals surface area (Å²) in [5.41, 5.74) is 0. The van der Waals surface area contributed by atoms with Gasteiger partial charge < -0.3 is 0 Å². The van der Waals surface area contributed by atoms with E-state index in [4.69, 9.17) is 0 Å². The first-order valence-corrected chi connectivity index (χ1v) is 4.29. The molecular formula is C9H16. The zero-order chi connectivity index (χ0) is 6.43. The van der Waals surface area contributed by atoms with Crippen LogP contribution in [0, 0.1) is 23.7 Å². The maximum Gasteiger partial charge on any atom is -0.0383 e. The topological polar surface area (TPSA) is 0 Å². The van der Waals surface area contributed by atoms with E-state index in [1.54, 1.807) is 6.42 Å². The zero-order valence-electron chi connectivity index (χ0n) is 6.43. The molecule has 0 radical (unpaired) electrons. The van der Waals surface area contributed by atoms with E-state index < -0.39 is 0 Å². The van der Waals surface area contributed by atoms with Crippen molar-refractivity contribution in [2.24, 2.45) is 23.7 Å². The molecule has 0 unspecified atom stereocenters. The molecule has 2 bridgehead atoms. The third-order valence-corrected chi connectivity index (χ3v) is 3.83. The summed E-state index contributed by atoms with van der Waals surface area (Å²) in [4.78, 5) is 0. The molecule has 2 fully saturated rings. The highest BCUT2D eigenvalue weighted by molar-refractivity contribution is 4.92. The predicted molar refractivity (Wildman–Crippen MR) is 39.2 cm³/mol. The van der Waals surface area contributed by atoms with Gasteiger partial charge in [0.25, 0.3) is 0 Å². The van der Waals surface area contributed by atoms with Crippen LogP contribution in [0.1, 0.15) is 33.1 Å². The fraction of sp³-hybridized carbons (Fsp3) is 1.00. The van der Waals surface area contributed by atoms with Crippen molar-refractivity contribution in [2.45, 2.75) is 33.1 Å². The van der Waals surface area contributed by atoms with Crippen LogP contribution in [0.4, 0.5) is 0 Å². The standard InChI is InChI=1S/C9H16/c1-6-7(2)9-4-3-8(6)5-9/h6-9H,3-5H2,1-2H3/t6-,7+,8-,9-/m0/s1. The van der Waals surface area contributed by atoms with Crippen LogP contribution in [0.5, 0.6) is 0 Å². The minimum atomic E-state index is 1.05. The van der Waals surface area contributed by atoms with Crippen molar-refractivity contribution < 1.29 is 0 Å². The fourth-order valence-electron chi connectivity index (χ4n) is 2.87. The third kappa shape index (κ3) is 0.653. The second-order valence-electron chi connectivity index (χ2n) is 4.05. The van der Waals surface area contributed by atoms with Crippen LogP contribution < -0.4 is 0 Å². The molecule has 52 valence electrons. The van der Waals surface area contributed by atoms with E-state index >= 15 is 0 Å². The van der Waals surface area contributed by atoms with Gasteiger partial charge >= 0.3 is 0 Å². The Morgan fingerprint density at radius 2 is 1.33 bits per heavy atom. The Morgan fingerprint density at radius 1 is 0.889 bits per heavy atom. The zero-order valence-corrected chi connectivity index (χ0v) is 6.43. The van der Waals surface area contributed by atoms with Gasteiger partial charge in [-0.3, -0.25) is 0 Å². The average Bonchev–Trinajstić information content (AvgIpc) is 2.37. The molecule has 2 aliphatic carbocycles. The van der Waals surface area contributed by atoms with Crippen LogP contribution in [-0.4, -0.2) is 0 Å². The molecule has 0 amide bonds. The molecule has 0 aromatic carbocycles. The molecule has 4 atom stereocenters. The van der Waals surface area contributed by atoms with E-state index in [1.165, 1.54) is 12.8 Å². The van der Waals surface area contributed by atoms with Crippen molar-refractivity contribution in [3.8, 4) is 0 Å². The Balaban J connectivity index is 2.15. The molecular weight excluding hydrogens is 108 g/mol. The third-order valence-electron chi connectivity index (χ3n) is 3.83. The van der Waals surface area contributed by atoms with Crippen molar-refractivity contribution in [3.05, 3.63) is 0 Å². The molecule has 0 saturated heterocycles. The molecule has 0 N–H and O–H groups in total. The van der Waals surface area contributed by atoms with Crippen molar-refractivity contribution in [1.29, 1.82) is 0 Å². The van der Waals surface area contributed by atoms with Crippen molar-refractivity contribution in [1.82, 2.24) is 0 Å². The van der Waals surface area contributed by atoms with Crippen LogP contribution in [0.2, 0.25) is 0 Å². The smallest absolute Gasteiger partial charge is 0.0383 e. The van der Waals surface area contributed by atoms with E-state index in [-0.39, 0.29) is 0 Å². The normalized spacial score (nSPS) is 56.7. The first-order chi connectivity index (χ1) is 4.29. The van der Waals surface area contributed by atoms with Gasteiger partial charge in [-0.1, -0.05) is 13.8 Å². The van der Waals surface area contributed by atoms with E-state index in [2.05, 4.69) is 13.8 Å². The summed E-state index contributed by atoms with van der Waals surface area (Å²) < 4.78 is 0. The molecule has 0 heteroatoms. The molecule has 2 saturated carbocycles. The summed E-state index contributed by atoms with van der Waals surface area (Å²) in [5, 5.41) is 0. The molecule has 0 nitrogen and oxygen atoms in total. The summed E-state index contributed by atoms with van der Waals surface area (Å²) in [7, 11) is 0. The van der Waals surface area contributed by atoms with Gasteiger partial charge in [0.2, 0.25) is 0 Å². The number of fused-ring (bicyclic) bond motifs is 2. The SMILES string of the molecule is C[C@@H]1[C@H]2CC[C@@H](C2)[C@@H]1C. The van der Waals surface area contributed by atoms with Gasteiger partial charge in [-0.05, 0) is 42.9 Å². The molecule has 9 heavy (non-hydrogen) atoms. The molecule has 0 heterocycles. The second-order valence-corrected chi connectivity index (χ2v) is 4.05. The van der Waals surface area contributed by atoms with E-state index in [0.717, 1.165) is 23.7 Å². The van der Waals surface area contributed by atoms with Gasteiger partial charge in [0, 0.05) is 0 Å².